The summed E-state index contributed by atoms with van der Waals surface area (Å²) in [5.41, 5.74) is 1.70. The molecule has 3 amide bonds. The average molecular weight is 643 g/mol. The molecule has 0 radical (unpaired) electrons. The number of carboxylic acids is 1. The molecule has 1 heterocycles. The maximum atomic E-state index is 13.6. The van der Waals surface area contributed by atoms with Gasteiger partial charge in [-0.1, -0.05) is 38.1 Å². The molecule has 13 heteroatoms. The molecule has 1 saturated heterocycles. The first-order valence-corrected chi connectivity index (χ1v) is 15.1. The van der Waals surface area contributed by atoms with Crippen LogP contribution in [0.1, 0.15) is 37.1 Å². The Labute approximate surface area is 264 Å². The highest BCUT2D eigenvalue weighted by molar-refractivity contribution is 8.00. The molecule has 0 aromatic heterocycles. The molecule has 0 aliphatic carbocycles. The van der Waals surface area contributed by atoms with Crippen LogP contribution in [0.2, 0.25) is 1.41 Å². The van der Waals surface area contributed by atoms with Crippen LogP contribution in [-0.4, -0.2) is 64.1 Å². The van der Waals surface area contributed by atoms with Crippen molar-refractivity contribution in [3.8, 4) is 5.75 Å². The van der Waals surface area contributed by atoms with Crippen LogP contribution in [0.15, 0.2) is 72.8 Å². The van der Waals surface area contributed by atoms with Gasteiger partial charge in [0.2, 0.25) is 11.8 Å². The Morgan fingerprint density at radius 2 is 1.58 bits per heavy atom. The molecule has 10 nitrogen and oxygen atoms in total. The summed E-state index contributed by atoms with van der Waals surface area (Å²) >= 11 is 1.24. The van der Waals surface area contributed by atoms with Gasteiger partial charge in [-0.15, -0.1) is 11.8 Å². The Bertz CT molecular complexity index is 1540. The van der Waals surface area contributed by atoms with E-state index in [1.54, 1.807) is 38.1 Å². The summed E-state index contributed by atoms with van der Waals surface area (Å²) < 4.78 is 40.2. The molecule has 4 N–H and O–H groups in total. The second-order valence-electron chi connectivity index (χ2n) is 10.6. The highest BCUT2D eigenvalue weighted by Gasteiger charge is 2.49. The Balaban J connectivity index is 1.40. The largest absolute Gasteiger partial charge is 0.484 e. The number of anilines is 1. The molecule has 45 heavy (non-hydrogen) atoms. The average Bonchev–Trinajstić information content (AvgIpc) is 3.02. The van der Waals surface area contributed by atoms with Gasteiger partial charge in [0.05, 0.1) is 18.7 Å². The number of thioether (sulfide) groups is 1. The van der Waals surface area contributed by atoms with Crippen molar-refractivity contribution in [2.45, 2.75) is 37.3 Å². The van der Waals surface area contributed by atoms with Gasteiger partial charge >= 0.3 is 5.97 Å². The number of rotatable bonds is 14. The highest BCUT2D eigenvalue weighted by atomic mass is 32.2. The molecular weight excluding hydrogens is 608 g/mol. The number of aliphatic hydroxyl groups excluding tert-OH is 1. The van der Waals surface area contributed by atoms with Gasteiger partial charge in [-0.2, -0.15) is 0 Å². The lowest BCUT2D eigenvalue weighted by Gasteiger charge is -2.47. The van der Waals surface area contributed by atoms with Gasteiger partial charge < -0.3 is 30.5 Å². The fraction of sp³-hybridized carbons (Fsp3) is 0.312. The van der Waals surface area contributed by atoms with Crippen LogP contribution in [0.3, 0.4) is 0 Å². The number of carboxylic acid groups (broad SMARTS) is 1. The summed E-state index contributed by atoms with van der Waals surface area (Å²) in [6.45, 7) is 1.99. The molecule has 0 saturated carbocycles. The molecule has 1 aliphatic rings. The second-order valence-corrected chi connectivity index (χ2v) is 11.8. The van der Waals surface area contributed by atoms with Gasteiger partial charge in [0.1, 0.15) is 28.7 Å². The summed E-state index contributed by atoms with van der Waals surface area (Å²) in [5, 5.41) is 21.9. The van der Waals surface area contributed by atoms with Crippen LogP contribution in [0.4, 0.5) is 14.5 Å². The first-order chi connectivity index (χ1) is 21.8. The number of amides is 3. The van der Waals surface area contributed by atoms with Crippen molar-refractivity contribution in [2.24, 2.45) is 5.92 Å². The van der Waals surface area contributed by atoms with Crippen LogP contribution in [0.5, 0.6) is 5.75 Å². The number of halogens is 2. The van der Waals surface area contributed by atoms with Gasteiger partial charge in [-0.05, 0) is 65.6 Å². The summed E-state index contributed by atoms with van der Waals surface area (Å²) in [4.78, 5) is 50.6. The van der Waals surface area contributed by atoms with Crippen molar-refractivity contribution in [1.82, 2.24) is 10.6 Å². The van der Waals surface area contributed by atoms with E-state index < -0.39 is 71.9 Å². The quantitative estimate of drug-likeness (QED) is 0.195. The fourth-order valence-corrected chi connectivity index (χ4v) is 5.96. The SMILES string of the molecule is [2H]N(CC(=O)N[C@H](C(=O)O)C(C)C)C(=O)COc1ccc([C@@H]2[C@@H](SCC(O)c3ccc(F)cc3)C(=O)N2c2ccc(F)cc2)cc1. The van der Waals surface area contributed by atoms with E-state index >= 15 is 0 Å². The lowest BCUT2D eigenvalue weighted by Crippen LogP contribution is -2.57. The standard InChI is InChI=1S/C32H33F2N3O7S/c1-18(2)28(32(42)43)36-26(39)15-35-27(40)16-44-24-13-5-20(6-14-24)29-30(31(41)37(29)23-11-9-22(34)10-12-23)45-17-25(38)19-3-7-21(33)8-4-19/h3-14,18,25,28-30,38H,15-17H2,1-2H3,(H,35,40)(H,36,39)(H,42,43)/t25?,28-,29+,30+/m0/s1/i/hD. The van der Waals surface area contributed by atoms with Crippen molar-refractivity contribution in [1.29, 1.82) is 0 Å². The van der Waals surface area contributed by atoms with Gasteiger partial charge in [0, 0.05) is 11.4 Å². The lowest BCUT2D eigenvalue weighted by molar-refractivity contribution is -0.143. The Kier molecular flexibility index (Phi) is 10.6. The zero-order valence-electron chi connectivity index (χ0n) is 25.4. The predicted molar refractivity (Wildman–Crippen MR) is 164 cm³/mol. The molecule has 4 rings (SSSR count). The van der Waals surface area contributed by atoms with E-state index in [9.17, 15) is 38.2 Å². The van der Waals surface area contributed by atoms with Gasteiger partial charge in [0.15, 0.2) is 8.02 Å². The summed E-state index contributed by atoms with van der Waals surface area (Å²) in [5.74, 6) is -3.94. The van der Waals surface area contributed by atoms with Crippen molar-refractivity contribution in [3.05, 3.63) is 95.6 Å². The van der Waals surface area contributed by atoms with Crippen LogP contribution < -0.4 is 20.3 Å². The Hall–Kier alpha value is -4.49. The third-order valence-corrected chi connectivity index (χ3v) is 8.40. The molecular formula is C32H33F2N3O7S. The number of carbonyl (C=O) groups is 4. The normalized spacial score (nSPS) is 17.6. The third-order valence-electron chi connectivity index (χ3n) is 7.07. The topological polar surface area (TPSA) is 145 Å². The minimum Gasteiger partial charge on any atom is -0.484 e. The summed E-state index contributed by atoms with van der Waals surface area (Å²) in [6, 6.07) is 15.8. The van der Waals surface area contributed by atoms with Crippen molar-refractivity contribution in [3.63, 3.8) is 0 Å². The molecule has 3 aromatic rings. The minimum absolute atomic E-state index is 0.162. The van der Waals surface area contributed by atoms with E-state index in [1.165, 1.54) is 65.2 Å². The van der Waals surface area contributed by atoms with Gasteiger partial charge in [0.25, 0.3) is 5.91 Å². The molecule has 1 aliphatic heterocycles. The monoisotopic (exact) mass is 642 g/mol. The van der Waals surface area contributed by atoms with Crippen LogP contribution in [0.25, 0.3) is 0 Å². The maximum absolute atomic E-state index is 13.6. The van der Waals surface area contributed by atoms with Crippen LogP contribution >= 0.6 is 11.8 Å². The molecule has 1 unspecified atom stereocenters. The van der Waals surface area contributed by atoms with Crippen molar-refractivity contribution < 1.29 is 44.3 Å². The van der Waals surface area contributed by atoms with E-state index in [-0.39, 0.29) is 17.4 Å². The molecule has 1 fully saturated rings. The van der Waals surface area contributed by atoms with E-state index in [1.807, 2.05) is 0 Å². The molecule has 3 aromatic carbocycles. The zero-order valence-corrected chi connectivity index (χ0v) is 25.2. The number of aliphatic hydroxyl groups is 1. The number of nitrogens with one attached hydrogen (secondary N) is 2. The number of β-lactam (4-membered cyclic amide) rings is 1. The van der Waals surface area contributed by atoms with E-state index in [2.05, 4.69) is 5.32 Å². The molecule has 0 spiro atoms. The lowest BCUT2D eigenvalue weighted by atomic mass is 9.92. The first-order valence-electron chi connectivity index (χ1n) is 14.5. The Morgan fingerprint density at radius 1 is 0.978 bits per heavy atom. The maximum Gasteiger partial charge on any atom is 0.326 e. The fourth-order valence-electron chi connectivity index (χ4n) is 4.66. The smallest absolute Gasteiger partial charge is 0.326 e. The van der Waals surface area contributed by atoms with Crippen molar-refractivity contribution in [2.75, 3.05) is 23.8 Å². The molecule has 4 atom stereocenters. The molecule has 238 valence electrons. The number of hydrogen-bond acceptors (Lipinski definition) is 7. The number of aliphatic carboxylic acids is 1. The number of nitrogens with zero attached hydrogens (tertiary/aromatic N) is 1. The van der Waals surface area contributed by atoms with Crippen LogP contribution in [-0.2, 0) is 19.2 Å². The number of carbonyl (C=O) groups excluding carboxylic acids is 3. The number of ether oxygens (including phenoxy) is 1. The van der Waals surface area contributed by atoms with E-state index in [0.717, 1.165) is 0 Å². The van der Waals surface area contributed by atoms with Gasteiger partial charge in [-0.25, -0.2) is 13.6 Å². The minimum atomic E-state index is -1.22. The van der Waals surface area contributed by atoms with Gasteiger partial charge in [-0.3, -0.25) is 14.4 Å². The Morgan fingerprint density at radius 3 is 2.16 bits per heavy atom. The number of hydrogen-bond donors (Lipinski definition) is 4. The predicted octanol–water partition coefficient (Wildman–Crippen LogP) is 3.61. The summed E-state index contributed by atoms with van der Waals surface area (Å²) in [7, 11) is 0. The van der Waals surface area contributed by atoms with Crippen LogP contribution in [0, 0.1) is 17.6 Å². The van der Waals surface area contributed by atoms with Crippen molar-refractivity contribution >= 4 is 41.1 Å². The molecule has 0 bridgehead atoms. The highest BCUT2D eigenvalue weighted by Crippen LogP contribution is 2.46. The first kappa shape index (κ1) is 31.9. The summed E-state index contributed by atoms with van der Waals surface area (Å²) in [6.07, 6.45) is -0.941. The third kappa shape index (κ3) is 8.58. The second kappa shape index (κ2) is 15.0. The zero-order chi connectivity index (χ0) is 33.5. The number of benzene rings is 3. The van der Waals surface area contributed by atoms with E-state index in [0.29, 0.717) is 22.1 Å². The van der Waals surface area contributed by atoms with E-state index in [4.69, 9.17) is 6.15 Å².